The Balaban J connectivity index is 1.60. The first kappa shape index (κ1) is 21.4. The number of nitrogens with zero attached hydrogens (tertiary/aromatic N) is 4. The van der Waals surface area contributed by atoms with Gasteiger partial charge in [0.15, 0.2) is 5.82 Å². The van der Waals surface area contributed by atoms with Gasteiger partial charge in [0.2, 0.25) is 0 Å². The number of carbonyl (C=O) groups is 1. The third kappa shape index (κ3) is 4.60. The molecule has 164 valence electrons. The van der Waals surface area contributed by atoms with E-state index in [4.69, 9.17) is 0 Å². The molecule has 31 heavy (non-hydrogen) atoms. The average molecular weight is 423 g/mol. The van der Waals surface area contributed by atoms with E-state index in [0.29, 0.717) is 35.4 Å². The summed E-state index contributed by atoms with van der Waals surface area (Å²) in [5.41, 5.74) is 3.79. The second-order valence-electron chi connectivity index (χ2n) is 8.27. The fourth-order valence-corrected chi connectivity index (χ4v) is 4.32. The minimum Gasteiger partial charge on any atom is -0.394 e. The first-order valence-electron chi connectivity index (χ1n) is 10.9. The molecule has 4 rings (SSSR count). The molecule has 0 radical (unpaired) electrons. The molecule has 3 N–H and O–H groups in total. The first-order valence-corrected chi connectivity index (χ1v) is 10.9. The number of aromatic nitrogens is 2. The van der Waals surface area contributed by atoms with Crippen LogP contribution in [0, 0.1) is 12.8 Å². The molecule has 2 aliphatic heterocycles. The molecule has 0 bridgehead atoms. The van der Waals surface area contributed by atoms with E-state index in [2.05, 4.69) is 31.7 Å². The smallest absolute Gasteiger partial charge is 0.265 e. The number of aliphatic imine (C=N–C) groups is 1. The largest absolute Gasteiger partial charge is 0.394 e. The standard InChI is InChI=1S/C23H30N6O2/c1-15-21(28-16(2)23(31)25-12-17-7-9-24-10-8-17)22(27-14-26-15)29-19(13-30)11-18-5-3-4-6-20(18)29/h3-6,14,17,19,24,30H,7-13H2,1-2H3,(H,25,31)/b28-16+/t19-/m1/s1. The van der Waals surface area contributed by atoms with Crippen molar-refractivity contribution in [2.75, 3.05) is 31.1 Å². The van der Waals surface area contributed by atoms with Gasteiger partial charge in [-0.05, 0) is 63.7 Å². The lowest BCUT2D eigenvalue weighted by Gasteiger charge is -2.26. The Kier molecular flexibility index (Phi) is 6.58. The maximum atomic E-state index is 12.7. The summed E-state index contributed by atoms with van der Waals surface area (Å²) in [5, 5.41) is 16.4. The predicted octanol–water partition coefficient (Wildman–Crippen LogP) is 2.05. The van der Waals surface area contributed by atoms with Crippen molar-refractivity contribution in [2.24, 2.45) is 10.9 Å². The second kappa shape index (κ2) is 9.53. The Hall–Kier alpha value is -2.84. The van der Waals surface area contributed by atoms with Crippen LogP contribution in [0.15, 0.2) is 35.6 Å². The van der Waals surface area contributed by atoms with Crippen LogP contribution in [0.2, 0.25) is 0 Å². The van der Waals surface area contributed by atoms with Gasteiger partial charge in [0.25, 0.3) is 5.91 Å². The zero-order chi connectivity index (χ0) is 21.8. The maximum Gasteiger partial charge on any atom is 0.265 e. The normalized spacial score (nSPS) is 19.4. The Morgan fingerprint density at radius 2 is 2.06 bits per heavy atom. The van der Waals surface area contributed by atoms with Crippen molar-refractivity contribution >= 4 is 28.8 Å². The van der Waals surface area contributed by atoms with E-state index < -0.39 is 0 Å². The van der Waals surface area contributed by atoms with Crippen LogP contribution >= 0.6 is 0 Å². The van der Waals surface area contributed by atoms with E-state index in [-0.39, 0.29) is 18.6 Å². The van der Waals surface area contributed by atoms with Crippen molar-refractivity contribution in [3.05, 3.63) is 41.9 Å². The number of benzene rings is 1. The molecule has 1 aromatic carbocycles. The van der Waals surface area contributed by atoms with Crippen LogP contribution in [-0.4, -0.2) is 59.0 Å². The molecule has 1 amide bonds. The van der Waals surface area contributed by atoms with Gasteiger partial charge in [0.1, 0.15) is 17.7 Å². The SMILES string of the molecule is C/C(=N\c1c(C)ncnc1N1c2ccccc2C[C@@H]1CO)C(=O)NCC1CCNCC1. The van der Waals surface area contributed by atoms with Gasteiger partial charge in [-0.25, -0.2) is 15.0 Å². The number of fused-ring (bicyclic) bond motifs is 1. The Labute approximate surface area is 182 Å². The summed E-state index contributed by atoms with van der Waals surface area (Å²) in [5.74, 6) is 0.942. The number of amides is 1. The van der Waals surface area contributed by atoms with Crippen molar-refractivity contribution < 1.29 is 9.90 Å². The molecule has 2 aliphatic rings. The lowest BCUT2D eigenvalue weighted by Crippen LogP contribution is -2.38. The van der Waals surface area contributed by atoms with Gasteiger partial charge in [-0.15, -0.1) is 0 Å². The van der Waals surface area contributed by atoms with Crippen LogP contribution in [0.25, 0.3) is 0 Å². The summed E-state index contributed by atoms with van der Waals surface area (Å²) < 4.78 is 0. The molecule has 8 nitrogen and oxygen atoms in total. The van der Waals surface area contributed by atoms with E-state index in [1.165, 1.54) is 6.33 Å². The molecule has 0 aliphatic carbocycles. The highest BCUT2D eigenvalue weighted by Gasteiger charge is 2.32. The number of carbonyl (C=O) groups excluding carboxylic acids is 1. The van der Waals surface area contributed by atoms with Gasteiger partial charge in [-0.2, -0.15) is 0 Å². The summed E-state index contributed by atoms with van der Waals surface area (Å²) in [4.78, 5) is 28.2. The quantitative estimate of drug-likeness (QED) is 0.616. The number of nitrogens with one attached hydrogen (secondary N) is 2. The summed E-state index contributed by atoms with van der Waals surface area (Å²) in [6.45, 7) is 6.24. The third-order valence-electron chi connectivity index (χ3n) is 6.11. The van der Waals surface area contributed by atoms with Crippen molar-refractivity contribution in [2.45, 2.75) is 39.2 Å². The van der Waals surface area contributed by atoms with Gasteiger partial charge in [-0.3, -0.25) is 4.79 Å². The van der Waals surface area contributed by atoms with Crippen LogP contribution in [0.1, 0.15) is 31.0 Å². The van der Waals surface area contributed by atoms with Crippen LogP contribution in [0.4, 0.5) is 17.2 Å². The monoisotopic (exact) mass is 422 g/mol. The number of aliphatic hydroxyl groups is 1. The van der Waals surface area contributed by atoms with Gasteiger partial charge >= 0.3 is 0 Å². The highest BCUT2D eigenvalue weighted by molar-refractivity contribution is 6.38. The number of aliphatic hydroxyl groups excluding tert-OH is 1. The number of hydrogen-bond donors (Lipinski definition) is 3. The highest BCUT2D eigenvalue weighted by atomic mass is 16.3. The predicted molar refractivity (Wildman–Crippen MR) is 121 cm³/mol. The van der Waals surface area contributed by atoms with Crippen LogP contribution in [-0.2, 0) is 11.2 Å². The van der Waals surface area contributed by atoms with E-state index in [1.54, 1.807) is 6.92 Å². The fraction of sp³-hybridized carbons (Fsp3) is 0.478. The number of para-hydroxylation sites is 1. The number of anilines is 2. The lowest BCUT2D eigenvalue weighted by molar-refractivity contribution is -0.115. The summed E-state index contributed by atoms with van der Waals surface area (Å²) >= 11 is 0. The van der Waals surface area contributed by atoms with Crippen molar-refractivity contribution in [1.82, 2.24) is 20.6 Å². The zero-order valence-corrected chi connectivity index (χ0v) is 18.1. The number of hydrogen-bond acceptors (Lipinski definition) is 7. The van der Waals surface area contributed by atoms with Gasteiger partial charge in [0.05, 0.1) is 18.3 Å². The molecule has 1 atom stereocenters. The Bertz CT molecular complexity index is 970. The minimum atomic E-state index is -0.173. The summed E-state index contributed by atoms with van der Waals surface area (Å²) in [7, 11) is 0. The average Bonchev–Trinajstić information content (AvgIpc) is 3.18. The van der Waals surface area contributed by atoms with Crippen LogP contribution in [0.3, 0.4) is 0 Å². The van der Waals surface area contributed by atoms with Crippen molar-refractivity contribution in [1.29, 1.82) is 0 Å². The third-order valence-corrected chi connectivity index (χ3v) is 6.11. The van der Waals surface area contributed by atoms with Crippen LogP contribution < -0.4 is 15.5 Å². The molecule has 1 saturated heterocycles. The molecular weight excluding hydrogens is 392 g/mol. The van der Waals surface area contributed by atoms with E-state index in [0.717, 1.165) is 43.6 Å². The van der Waals surface area contributed by atoms with Gasteiger partial charge < -0.3 is 20.6 Å². The highest BCUT2D eigenvalue weighted by Crippen LogP contribution is 2.41. The van der Waals surface area contributed by atoms with E-state index >= 15 is 0 Å². The summed E-state index contributed by atoms with van der Waals surface area (Å²) in [6, 6.07) is 7.93. The lowest BCUT2D eigenvalue weighted by atomic mass is 9.98. The number of aryl methyl sites for hydroxylation is 1. The van der Waals surface area contributed by atoms with E-state index in [1.807, 2.05) is 30.0 Å². The molecular formula is C23H30N6O2. The topological polar surface area (TPSA) is 103 Å². The molecule has 1 aromatic heterocycles. The number of rotatable bonds is 6. The number of piperidine rings is 1. The Morgan fingerprint density at radius 3 is 2.84 bits per heavy atom. The van der Waals surface area contributed by atoms with Crippen molar-refractivity contribution in [3.63, 3.8) is 0 Å². The zero-order valence-electron chi connectivity index (χ0n) is 18.1. The molecule has 0 spiro atoms. The summed E-state index contributed by atoms with van der Waals surface area (Å²) in [6.07, 6.45) is 4.38. The van der Waals surface area contributed by atoms with E-state index in [9.17, 15) is 9.90 Å². The van der Waals surface area contributed by atoms with Gasteiger partial charge in [-0.1, -0.05) is 18.2 Å². The first-order chi connectivity index (χ1) is 15.1. The Morgan fingerprint density at radius 1 is 1.29 bits per heavy atom. The van der Waals surface area contributed by atoms with Gasteiger partial charge in [0, 0.05) is 12.2 Å². The maximum absolute atomic E-state index is 12.7. The minimum absolute atomic E-state index is 0.00337. The fourth-order valence-electron chi connectivity index (χ4n) is 4.32. The molecule has 2 aromatic rings. The molecule has 0 saturated carbocycles. The second-order valence-corrected chi connectivity index (χ2v) is 8.27. The van der Waals surface area contributed by atoms with Crippen LogP contribution in [0.5, 0.6) is 0 Å². The molecule has 0 unspecified atom stereocenters. The molecule has 3 heterocycles. The van der Waals surface area contributed by atoms with Crippen molar-refractivity contribution in [3.8, 4) is 0 Å². The molecule has 1 fully saturated rings. The molecule has 8 heteroatoms.